The molecule has 0 radical (unpaired) electrons. The van der Waals surface area contributed by atoms with E-state index in [1.54, 1.807) is 19.2 Å². The molecule has 27 heavy (non-hydrogen) atoms. The van der Waals surface area contributed by atoms with Crippen LogP contribution in [0.25, 0.3) is 11.1 Å². The Kier molecular flexibility index (Phi) is 5.23. The number of hydrogen-bond donors (Lipinski definition) is 2. The normalized spacial score (nSPS) is 18.8. The number of nitrogens with zero attached hydrogens (tertiary/aromatic N) is 1. The van der Waals surface area contributed by atoms with E-state index in [-0.39, 0.29) is 29.0 Å². The predicted molar refractivity (Wildman–Crippen MR) is 104 cm³/mol. The molecule has 0 spiro atoms. The average molecular weight is 368 g/mol. The van der Waals surface area contributed by atoms with E-state index in [4.69, 9.17) is 10.5 Å². The highest BCUT2D eigenvalue weighted by molar-refractivity contribution is 5.86. The predicted octanol–water partition coefficient (Wildman–Crippen LogP) is 2.09. The van der Waals surface area contributed by atoms with Gasteiger partial charge in [0.2, 0.25) is 11.3 Å². The second-order valence-electron chi connectivity index (χ2n) is 6.44. The zero-order valence-corrected chi connectivity index (χ0v) is 15.1. The highest BCUT2D eigenvalue weighted by atomic mass is 16.6. The number of rotatable bonds is 6. The molecular weight excluding hydrogens is 346 g/mol. The first-order valence-electron chi connectivity index (χ1n) is 8.72. The Labute approximate surface area is 157 Å². The van der Waals surface area contributed by atoms with Crippen molar-refractivity contribution in [2.24, 2.45) is 5.73 Å². The highest BCUT2D eigenvalue weighted by Crippen LogP contribution is 2.31. The van der Waals surface area contributed by atoms with Gasteiger partial charge in [0.1, 0.15) is 25.4 Å². The average Bonchev–Trinajstić information content (AvgIpc) is 2.93. The third-order valence-corrected chi connectivity index (χ3v) is 4.86. The maximum atomic E-state index is 12.4. The molecule has 140 valence electrons. The molecule has 0 saturated carbocycles. The van der Waals surface area contributed by atoms with E-state index in [0.29, 0.717) is 18.8 Å². The number of primary amides is 1. The van der Waals surface area contributed by atoms with E-state index in [0.717, 1.165) is 16.8 Å². The minimum Gasteiger partial charge on any atom is -0.414 e. The Hall–Kier alpha value is -3.19. The Bertz CT molecular complexity index is 927. The first-order chi connectivity index (χ1) is 13.0. The van der Waals surface area contributed by atoms with Crippen molar-refractivity contribution >= 4 is 23.4 Å². The molecule has 2 aromatic carbocycles. The van der Waals surface area contributed by atoms with Crippen molar-refractivity contribution in [1.82, 2.24) is 4.48 Å². The van der Waals surface area contributed by atoms with Crippen molar-refractivity contribution in [2.45, 2.75) is 6.42 Å². The van der Waals surface area contributed by atoms with Crippen molar-refractivity contribution in [3.8, 4) is 11.1 Å². The van der Waals surface area contributed by atoms with Crippen LogP contribution in [-0.2, 0) is 9.53 Å². The van der Waals surface area contributed by atoms with Gasteiger partial charge in [-0.2, -0.15) is 9.28 Å². The van der Waals surface area contributed by atoms with Crippen molar-refractivity contribution in [3.05, 3.63) is 58.8 Å². The van der Waals surface area contributed by atoms with Gasteiger partial charge < -0.3 is 15.8 Å². The quantitative estimate of drug-likeness (QED) is 0.761. The maximum absolute atomic E-state index is 12.4. The third-order valence-electron chi connectivity index (χ3n) is 4.86. The van der Waals surface area contributed by atoms with Crippen molar-refractivity contribution in [1.29, 1.82) is 0 Å². The van der Waals surface area contributed by atoms with Crippen molar-refractivity contribution in [3.63, 3.8) is 0 Å². The van der Waals surface area contributed by atoms with E-state index in [1.807, 2.05) is 30.3 Å². The topological polar surface area (TPSA) is 98.5 Å². The summed E-state index contributed by atoms with van der Waals surface area (Å²) < 4.78 is 5.12. The summed E-state index contributed by atoms with van der Waals surface area (Å²) in [6.07, 6.45) is -0.269. The van der Waals surface area contributed by atoms with Crippen LogP contribution in [0.2, 0.25) is 0 Å². The number of carbonyl (C=O) groups excluding carboxylic acids is 2. The van der Waals surface area contributed by atoms with E-state index < -0.39 is 5.91 Å². The van der Waals surface area contributed by atoms with Crippen LogP contribution in [0.4, 0.5) is 16.2 Å². The van der Waals surface area contributed by atoms with Gasteiger partial charge in [-0.3, -0.25) is 9.59 Å². The molecule has 3 rings (SSSR count). The van der Waals surface area contributed by atoms with Gasteiger partial charge in [-0.05, 0) is 35.4 Å². The van der Waals surface area contributed by atoms with Crippen LogP contribution < -0.4 is 21.0 Å². The summed E-state index contributed by atoms with van der Waals surface area (Å²) in [4.78, 5) is 35.5. The van der Waals surface area contributed by atoms with Gasteiger partial charge in [0, 0.05) is 19.2 Å². The summed E-state index contributed by atoms with van der Waals surface area (Å²) in [6.45, 7) is 1.06. The summed E-state index contributed by atoms with van der Waals surface area (Å²) in [5, 5.41) is 2.87. The lowest BCUT2D eigenvalue weighted by molar-refractivity contribution is -0.118. The smallest absolute Gasteiger partial charge is 0.414 e. The molecule has 1 aliphatic rings. The van der Waals surface area contributed by atoms with E-state index in [2.05, 4.69) is 5.32 Å². The summed E-state index contributed by atoms with van der Waals surface area (Å²) in [5.74, 6) is -0.450. The van der Waals surface area contributed by atoms with Crippen LogP contribution in [0.15, 0.2) is 53.3 Å². The lowest BCUT2D eigenvalue weighted by atomic mass is 10.1. The number of anilines is 1. The Morgan fingerprint density at radius 1 is 1.07 bits per heavy atom. The van der Waals surface area contributed by atoms with Gasteiger partial charge in [0.05, 0.1) is 12.1 Å². The Morgan fingerprint density at radius 2 is 1.70 bits per heavy atom. The fourth-order valence-corrected chi connectivity index (χ4v) is 3.28. The minimum atomic E-state index is -0.450. The van der Waals surface area contributed by atoms with Gasteiger partial charge in [-0.25, -0.2) is 0 Å². The fourth-order valence-electron chi connectivity index (χ4n) is 3.28. The van der Waals surface area contributed by atoms with Gasteiger partial charge in [-0.15, -0.1) is 0 Å². The molecule has 2 amide bonds. The SMILES string of the molecule is CNc1ccc(-c2ccc([N+]3(CCC(N)=O)CCOC3=O)cc2)ccc1=O. The molecule has 7 nitrogen and oxygen atoms in total. The lowest BCUT2D eigenvalue weighted by Gasteiger charge is -2.27. The summed E-state index contributed by atoms with van der Waals surface area (Å²) in [7, 11) is 1.70. The molecule has 7 heteroatoms. The van der Waals surface area contributed by atoms with Crippen LogP contribution in [0.3, 0.4) is 0 Å². The van der Waals surface area contributed by atoms with Gasteiger partial charge >= 0.3 is 6.09 Å². The van der Waals surface area contributed by atoms with Crippen LogP contribution in [-0.4, -0.2) is 38.7 Å². The number of nitrogens with two attached hydrogens (primary N) is 1. The zero-order chi connectivity index (χ0) is 19.4. The van der Waals surface area contributed by atoms with Crippen LogP contribution in [0.5, 0.6) is 0 Å². The van der Waals surface area contributed by atoms with Gasteiger partial charge in [-0.1, -0.05) is 12.1 Å². The molecular formula is C20H22N3O4+. The number of amides is 2. The molecule has 0 aromatic heterocycles. The van der Waals surface area contributed by atoms with Crippen molar-refractivity contribution in [2.75, 3.05) is 32.1 Å². The first-order valence-corrected chi connectivity index (χ1v) is 8.72. The fraction of sp³-hybridized carbons (Fsp3) is 0.250. The molecule has 3 N–H and O–H groups in total. The van der Waals surface area contributed by atoms with Crippen molar-refractivity contribution < 1.29 is 14.3 Å². The number of hydrogen-bond acceptors (Lipinski definition) is 5. The van der Waals surface area contributed by atoms with Gasteiger partial charge in [0.15, 0.2) is 0 Å². The number of cyclic esters (lactones) is 1. The second kappa shape index (κ2) is 7.59. The number of carbonyl (C=O) groups is 2. The monoisotopic (exact) mass is 368 g/mol. The lowest BCUT2D eigenvalue weighted by Crippen LogP contribution is -2.51. The second-order valence-corrected chi connectivity index (χ2v) is 6.44. The molecule has 0 aliphatic carbocycles. The minimum absolute atomic E-state index is 0.0413. The molecule has 0 bridgehead atoms. The molecule has 1 unspecified atom stereocenters. The van der Waals surface area contributed by atoms with Crippen LogP contribution >= 0.6 is 0 Å². The Balaban J connectivity index is 1.94. The molecule has 1 heterocycles. The zero-order valence-electron chi connectivity index (χ0n) is 15.1. The van der Waals surface area contributed by atoms with E-state index in [1.165, 1.54) is 6.07 Å². The van der Waals surface area contributed by atoms with E-state index >= 15 is 0 Å². The number of quaternary nitrogens is 1. The van der Waals surface area contributed by atoms with Crippen LogP contribution in [0, 0.1) is 0 Å². The number of ether oxygens (including phenoxy) is 1. The molecule has 1 aliphatic heterocycles. The maximum Gasteiger partial charge on any atom is 0.521 e. The number of nitrogens with one attached hydrogen (secondary N) is 1. The number of benzene rings is 1. The summed E-state index contributed by atoms with van der Waals surface area (Å²) in [5.41, 5.74) is 8.25. The highest BCUT2D eigenvalue weighted by Gasteiger charge is 2.46. The first kappa shape index (κ1) is 18.6. The largest absolute Gasteiger partial charge is 0.521 e. The summed E-state index contributed by atoms with van der Waals surface area (Å²) in [6, 6.07) is 14.4. The molecule has 1 fully saturated rings. The summed E-state index contributed by atoms with van der Waals surface area (Å²) >= 11 is 0. The molecule has 1 atom stereocenters. The van der Waals surface area contributed by atoms with Gasteiger partial charge in [0.25, 0.3) is 0 Å². The third kappa shape index (κ3) is 3.68. The van der Waals surface area contributed by atoms with Crippen LogP contribution in [0.1, 0.15) is 6.42 Å². The Morgan fingerprint density at radius 3 is 2.26 bits per heavy atom. The molecule has 1 saturated heterocycles. The standard InChI is InChI=1S/C20H21N3O4/c1-22-17-8-4-15(5-9-18(17)24)14-2-6-16(7-3-14)23(11-10-19(21)25)12-13-27-20(23)26/h2-9H,10-13H2,1H3,(H2-,21,22,24,25)/p+1. The molecule has 2 aromatic rings. The van der Waals surface area contributed by atoms with E-state index in [9.17, 15) is 14.4 Å².